The molecule has 1 fully saturated rings. The van der Waals surface area contributed by atoms with Gasteiger partial charge < -0.3 is 10.3 Å². The Bertz CT molecular complexity index is 702. The lowest BCUT2D eigenvalue weighted by atomic mass is 10.1. The van der Waals surface area contributed by atoms with Crippen LogP contribution in [0, 0.1) is 11.3 Å². The van der Waals surface area contributed by atoms with Gasteiger partial charge in [0.2, 0.25) is 0 Å². The van der Waals surface area contributed by atoms with Crippen molar-refractivity contribution in [3.8, 4) is 6.07 Å². The Morgan fingerprint density at radius 1 is 1.61 bits per heavy atom. The third kappa shape index (κ3) is 3.29. The SMILES string of the molecule is CCCN(N)N1CCC[C@@H](Nc2ccnc3[nH]cc(C#N)c23)C1. The molecule has 1 aliphatic heterocycles. The van der Waals surface area contributed by atoms with Crippen LogP contribution in [0.4, 0.5) is 5.69 Å². The number of H-pyrrole nitrogens is 1. The average molecular weight is 313 g/mol. The Morgan fingerprint density at radius 3 is 3.26 bits per heavy atom. The lowest BCUT2D eigenvalue weighted by molar-refractivity contribution is -0.0439. The van der Waals surface area contributed by atoms with Crippen molar-refractivity contribution in [3.05, 3.63) is 24.0 Å². The van der Waals surface area contributed by atoms with Gasteiger partial charge in [-0.3, -0.25) is 5.84 Å². The standard InChI is InChI=1S/C16H23N7/c1-2-7-23(18)22-8-3-4-13(11-22)21-14-5-6-19-16-15(14)12(9-17)10-20-16/h5-6,10,13H,2-4,7-8,11,18H2,1H3,(H2,19,20,21)/t13-/m1/s1. The van der Waals surface area contributed by atoms with Crippen molar-refractivity contribution in [1.82, 2.24) is 20.1 Å². The number of rotatable bonds is 5. The van der Waals surface area contributed by atoms with Gasteiger partial charge in [0.15, 0.2) is 0 Å². The molecule has 0 unspecified atom stereocenters. The predicted molar refractivity (Wildman–Crippen MR) is 90.2 cm³/mol. The van der Waals surface area contributed by atoms with E-state index in [2.05, 4.69) is 33.3 Å². The summed E-state index contributed by atoms with van der Waals surface area (Å²) in [6.07, 6.45) is 6.69. The number of pyridine rings is 1. The Balaban J connectivity index is 1.77. The van der Waals surface area contributed by atoms with Crippen LogP contribution in [0.1, 0.15) is 31.7 Å². The molecule has 0 saturated carbocycles. The van der Waals surface area contributed by atoms with Crippen molar-refractivity contribution in [2.24, 2.45) is 5.84 Å². The van der Waals surface area contributed by atoms with Crippen LogP contribution in [-0.2, 0) is 0 Å². The molecule has 0 spiro atoms. The Hall–Kier alpha value is -2.14. The highest BCUT2D eigenvalue weighted by atomic mass is 15.7. The number of aromatic amines is 1. The number of piperidine rings is 1. The summed E-state index contributed by atoms with van der Waals surface area (Å²) in [7, 11) is 0. The molecule has 1 aliphatic rings. The molecule has 2 aromatic heterocycles. The summed E-state index contributed by atoms with van der Waals surface area (Å²) >= 11 is 0. The lowest BCUT2D eigenvalue weighted by Crippen LogP contribution is -2.54. The topological polar surface area (TPSA) is 97.0 Å². The minimum atomic E-state index is 0.304. The molecule has 7 heteroatoms. The molecule has 0 aliphatic carbocycles. The van der Waals surface area contributed by atoms with Crippen LogP contribution >= 0.6 is 0 Å². The van der Waals surface area contributed by atoms with Crippen LogP contribution in [0.25, 0.3) is 11.0 Å². The fourth-order valence-corrected chi connectivity index (χ4v) is 3.16. The first kappa shape index (κ1) is 15.7. The van der Waals surface area contributed by atoms with Gasteiger partial charge in [0.1, 0.15) is 11.7 Å². The molecular formula is C16H23N7. The normalized spacial score (nSPS) is 19.1. The maximum absolute atomic E-state index is 9.27. The number of fused-ring (bicyclic) bond motifs is 1. The second kappa shape index (κ2) is 6.96. The van der Waals surface area contributed by atoms with Gasteiger partial charge in [-0.2, -0.15) is 10.4 Å². The first-order valence-electron chi connectivity index (χ1n) is 8.12. The fourth-order valence-electron chi connectivity index (χ4n) is 3.16. The van der Waals surface area contributed by atoms with Gasteiger partial charge in [0.25, 0.3) is 0 Å². The highest BCUT2D eigenvalue weighted by Gasteiger charge is 2.23. The van der Waals surface area contributed by atoms with Crippen molar-refractivity contribution in [2.45, 2.75) is 32.2 Å². The predicted octanol–water partition coefficient (Wildman–Crippen LogP) is 1.81. The number of anilines is 1. The van der Waals surface area contributed by atoms with E-state index in [4.69, 9.17) is 5.84 Å². The Labute approximate surface area is 136 Å². The number of hydrazine groups is 2. The first-order valence-corrected chi connectivity index (χ1v) is 8.12. The van der Waals surface area contributed by atoms with E-state index in [1.165, 1.54) is 0 Å². The molecule has 4 N–H and O–H groups in total. The van der Waals surface area contributed by atoms with Gasteiger partial charge in [0, 0.05) is 43.8 Å². The number of nitrogens with one attached hydrogen (secondary N) is 2. The zero-order valence-corrected chi connectivity index (χ0v) is 13.4. The average Bonchev–Trinajstić information content (AvgIpc) is 2.99. The molecular weight excluding hydrogens is 290 g/mol. The van der Waals surface area contributed by atoms with E-state index < -0.39 is 0 Å². The van der Waals surface area contributed by atoms with Gasteiger partial charge in [-0.25, -0.2) is 9.99 Å². The minimum Gasteiger partial charge on any atom is -0.380 e. The highest BCUT2D eigenvalue weighted by molar-refractivity contribution is 5.94. The van der Waals surface area contributed by atoms with Crippen LogP contribution in [0.2, 0.25) is 0 Å². The number of nitriles is 1. The van der Waals surface area contributed by atoms with Gasteiger partial charge >= 0.3 is 0 Å². The molecule has 122 valence electrons. The number of hydrogen-bond donors (Lipinski definition) is 3. The zero-order chi connectivity index (χ0) is 16.2. The summed E-state index contributed by atoms with van der Waals surface area (Å²) in [6, 6.07) is 4.46. The monoisotopic (exact) mass is 313 g/mol. The molecule has 23 heavy (non-hydrogen) atoms. The summed E-state index contributed by atoms with van der Waals surface area (Å²) in [5.41, 5.74) is 2.32. The maximum atomic E-state index is 9.27. The third-order valence-corrected chi connectivity index (χ3v) is 4.27. The van der Waals surface area contributed by atoms with Gasteiger partial charge in [0.05, 0.1) is 10.9 Å². The van der Waals surface area contributed by atoms with E-state index >= 15 is 0 Å². The van der Waals surface area contributed by atoms with Crippen molar-refractivity contribution >= 4 is 16.7 Å². The molecule has 3 rings (SSSR count). The molecule has 0 bridgehead atoms. The third-order valence-electron chi connectivity index (χ3n) is 4.27. The van der Waals surface area contributed by atoms with E-state index in [9.17, 15) is 5.26 Å². The van der Waals surface area contributed by atoms with E-state index in [-0.39, 0.29) is 0 Å². The summed E-state index contributed by atoms with van der Waals surface area (Å²) in [4.78, 5) is 7.33. The number of nitrogens with two attached hydrogens (primary N) is 1. The van der Waals surface area contributed by atoms with Crippen molar-refractivity contribution in [1.29, 1.82) is 5.26 Å². The Morgan fingerprint density at radius 2 is 2.48 bits per heavy atom. The lowest BCUT2D eigenvalue weighted by Gasteiger charge is -2.38. The molecule has 2 aromatic rings. The zero-order valence-electron chi connectivity index (χ0n) is 13.4. The van der Waals surface area contributed by atoms with Crippen LogP contribution in [-0.4, -0.2) is 45.8 Å². The molecule has 7 nitrogen and oxygen atoms in total. The van der Waals surface area contributed by atoms with E-state index in [0.29, 0.717) is 11.6 Å². The molecule has 1 atom stereocenters. The van der Waals surface area contributed by atoms with Gasteiger partial charge in [-0.1, -0.05) is 6.92 Å². The van der Waals surface area contributed by atoms with Crippen LogP contribution < -0.4 is 11.2 Å². The van der Waals surface area contributed by atoms with Crippen LogP contribution in [0.5, 0.6) is 0 Å². The summed E-state index contributed by atoms with van der Waals surface area (Å²) < 4.78 is 0. The molecule has 0 amide bonds. The molecule has 1 saturated heterocycles. The van der Waals surface area contributed by atoms with Crippen molar-refractivity contribution in [2.75, 3.05) is 25.0 Å². The van der Waals surface area contributed by atoms with Crippen molar-refractivity contribution in [3.63, 3.8) is 0 Å². The van der Waals surface area contributed by atoms with Gasteiger partial charge in [-0.05, 0) is 25.3 Å². The van der Waals surface area contributed by atoms with Crippen LogP contribution in [0.15, 0.2) is 18.5 Å². The van der Waals surface area contributed by atoms with E-state index in [1.54, 1.807) is 12.4 Å². The fraction of sp³-hybridized carbons (Fsp3) is 0.500. The molecule has 0 radical (unpaired) electrons. The second-order valence-electron chi connectivity index (χ2n) is 5.96. The van der Waals surface area contributed by atoms with E-state index in [0.717, 1.165) is 55.6 Å². The number of aromatic nitrogens is 2. The van der Waals surface area contributed by atoms with Crippen molar-refractivity contribution < 1.29 is 0 Å². The second-order valence-corrected chi connectivity index (χ2v) is 5.96. The Kier molecular flexibility index (Phi) is 4.76. The maximum Gasteiger partial charge on any atom is 0.140 e. The quantitative estimate of drug-likeness (QED) is 0.575. The van der Waals surface area contributed by atoms with Gasteiger partial charge in [-0.15, -0.1) is 0 Å². The number of nitrogens with zero attached hydrogens (tertiary/aromatic N) is 4. The smallest absolute Gasteiger partial charge is 0.140 e. The number of hydrogen-bond acceptors (Lipinski definition) is 6. The highest BCUT2D eigenvalue weighted by Crippen LogP contribution is 2.26. The van der Waals surface area contributed by atoms with E-state index in [1.807, 2.05) is 11.2 Å². The first-order chi connectivity index (χ1) is 11.2. The largest absolute Gasteiger partial charge is 0.380 e. The summed E-state index contributed by atoms with van der Waals surface area (Å²) in [5.74, 6) is 6.11. The minimum absolute atomic E-state index is 0.304. The van der Waals surface area contributed by atoms with Crippen LogP contribution in [0.3, 0.4) is 0 Å². The summed E-state index contributed by atoms with van der Waals surface area (Å²) in [5, 5.41) is 17.7. The molecule has 3 heterocycles. The summed E-state index contributed by atoms with van der Waals surface area (Å²) in [6.45, 7) is 4.85. The molecule has 0 aromatic carbocycles.